The Morgan fingerprint density at radius 3 is 1.67 bits per heavy atom. The van der Waals surface area contributed by atoms with Gasteiger partial charge < -0.3 is 4.42 Å². The average Bonchev–Trinajstić information content (AvgIpc) is 3.64. The van der Waals surface area contributed by atoms with Crippen LogP contribution in [0.5, 0.6) is 0 Å². The molecule has 8 aromatic carbocycles. The first-order valence-electron chi connectivity index (χ1n) is 22.7. The summed E-state index contributed by atoms with van der Waals surface area (Å²) >= 11 is 0. The van der Waals surface area contributed by atoms with Crippen molar-refractivity contribution in [3.05, 3.63) is 157 Å². The van der Waals surface area contributed by atoms with Gasteiger partial charge in [-0.05, 0) is 96.0 Å². The van der Waals surface area contributed by atoms with Gasteiger partial charge in [-0.1, -0.05) is 127 Å². The smallest absolute Gasteiger partial charge is 0.136 e. The van der Waals surface area contributed by atoms with E-state index in [9.17, 15) is 8.22 Å². The van der Waals surface area contributed by atoms with Crippen molar-refractivity contribution in [3.63, 3.8) is 0 Å². The average molecular weight is 566 g/mol. The first kappa shape index (κ1) is 11.9. The van der Waals surface area contributed by atoms with Crippen molar-refractivity contribution < 1.29 is 30.5 Å². The lowest BCUT2D eigenvalue weighted by Crippen LogP contribution is -1.93. The van der Waals surface area contributed by atoms with Crippen LogP contribution >= 0.6 is 0 Å². The van der Waals surface area contributed by atoms with Crippen LogP contribution in [-0.2, 0) is 0 Å². The molecule has 0 unspecified atom stereocenters. The molecule has 1 nitrogen and oxygen atoms in total. The van der Waals surface area contributed by atoms with Crippen molar-refractivity contribution in [2.75, 3.05) is 0 Å². The second-order valence-corrected chi connectivity index (χ2v) is 9.81. The van der Waals surface area contributed by atoms with Crippen molar-refractivity contribution >= 4 is 54.3 Å². The highest BCUT2D eigenvalue weighted by atomic mass is 16.3. The first-order valence-corrected chi connectivity index (χ1v) is 13.2. The molecule has 0 saturated carbocycles. The van der Waals surface area contributed by atoms with Gasteiger partial charge in [0.2, 0.25) is 0 Å². The first-order chi connectivity index (χ1) is 29.2. The maximum absolute atomic E-state index is 9.83. The van der Waals surface area contributed by atoms with Gasteiger partial charge >= 0.3 is 0 Å². The topological polar surface area (TPSA) is 13.1 Å². The maximum Gasteiger partial charge on any atom is 0.136 e. The Balaban J connectivity index is 1.65. The lowest BCUT2D eigenvalue weighted by molar-refractivity contribution is 0.669. The summed E-state index contributed by atoms with van der Waals surface area (Å²) in [6.45, 7) is 0. The van der Waals surface area contributed by atoms with Gasteiger partial charge in [-0.15, -0.1) is 0 Å². The summed E-state index contributed by atoms with van der Waals surface area (Å²) in [7, 11) is 0. The van der Waals surface area contributed by atoms with E-state index in [2.05, 4.69) is 0 Å². The van der Waals surface area contributed by atoms with Gasteiger partial charge in [0.1, 0.15) is 11.2 Å². The monoisotopic (exact) mass is 565 g/mol. The zero-order valence-corrected chi connectivity index (χ0v) is 21.9. The van der Waals surface area contributed by atoms with Crippen LogP contribution < -0.4 is 0 Å². The van der Waals surface area contributed by atoms with Crippen LogP contribution in [0.15, 0.2) is 162 Å². The third-order valence-electron chi connectivity index (χ3n) is 7.48. The number of hydrogen-bond acceptors (Lipinski definition) is 1. The van der Waals surface area contributed by atoms with E-state index < -0.39 is 159 Å². The molecular formula is C42H26O. The quantitative estimate of drug-likeness (QED) is 0.194. The van der Waals surface area contributed by atoms with Crippen molar-refractivity contribution in [2.45, 2.75) is 0 Å². The van der Waals surface area contributed by atoms with Gasteiger partial charge in [-0.3, -0.25) is 0 Å². The van der Waals surface area contributed by atoms with E-state index in [1.807, 2.05) is 12.1 Å². The summed E-state index contributed by atoms with van der Waals surface area (Å²) in [5.41, 5.74) is -1.60. The Morgan fingerprint density at radius 2 is 0.977 bits per heavy atom. The molecule has 0 spiro atoms. The molecule has 0 aliphatic rings. The number of fused-ring (bicyclic) bond motifs is 6. The van der Waals surface area contributed by atoms with Crippen LogP contribution in [0.4, 0.5) is 0 Å². The molecule has 9 rings (SSSR count). The number of benzene rings is 8. The maximum atomic E-state index is 9.83. The van der Waals surface area contributed by atoms with Crippen molar-refractivity contribution in [2.24, 2.45) is 0 Å². The van der Waals surface area contributed by atoms with Crippen molar-refractivity contribution in [3.8, 4) is 33.4 Å². The minimum atomic E-state index is -0.890. The molecule has 9 aromatic rings. The van der Waals surface area contributed by atoms with Gasteiger partial charge in [0.25, 0.3) is 0 Å². The molecule has 0 radical (unpaired) electrons. The third kappa shape index (κ3) is 3.72. The normalized spacial score (nSPS) is 17.9. The minimum absolute atomic E-state index is 0.0928. The molecule has 0 bridgehead atoms. The number of furan rings is 1. The third-order valence-corrected chi connectivity index (χ3v) is 7.48. The molecule has 43 heavy (non-hydrogen) atoms. The van der Waals surface area contributed by atoms with E-state index in [1.54, 1.807) is 30.3 Å². The molecular weight excluding hydrogens is 520 g/mol. The molecule has 200 valence electrons. The molecule has 1 heteroatoms. The highest BCUT2D eigenvalue weighted by Gasteiger charge is 2.20. The predicted octanol–water partition coefficient (Wildman–Crippen LogP) is 12.0. The molecule has 0 N–H and O–H groups in total. The zero-order valence-electron chi connectivity index (χ0n) is 40.9. The molecule has 1 heterocycles. The van der Waals surface area contributed by atoms with E-state index in [4.69, 9.17) is 22.2 Å². The highest BCUT2D eigenvalue weighted by Crippen LogP contribution is 2.47. The lowest BCUT2D eigenvalue weighted by atomic mass is 9.83. The fourth-order valence-electron chi connectivity index (χ4n) is 5.67. The van der Waals surface area contributed by atoms with Crippen molar-refractivity contribution in [1.29, 1.82) is 0 Å². The number of para-hydroxylation sites is 1. The Morgan fingerprint density at radius 1 is 0.419 bits per heavy atom. The number of rotatable bonds is 3. The van der Waals surface area contributed by atoms with Crippen molar-refractivity contribution in [1.82, 2.24) is 0 Å². The van der Waals surface area contributed by atoms with Crippen LogP contribution in [0.3, 0.4) is 0 Å². The summed E-state index contributed by atoms with van der Waals surface area (Å²) in [5, 5.41) is -1.24. The highest BCUT2D eigenvalue weighted by molar-refractivity contribution is 6.23. The molecule has 0 fully saturated rings. The van der Waals surface area contributed by atoms with Gasteiger partial charge in [-0.2, -0.15) is 0 Å². The van der Waals surface area contributed by atoms with Gasteiger partial charge in [0.15, 0.2) is 0 Å². The predicted molar refractivity (Wildman–Crippen MR) is 183 cm³/mol. The molecule has 0 saturated heterocycles. The number of hydrogen-bond donors (Lipinski definition) is 0. The second-order valence-electron chi connectivity index (χ2n) is 9.81. The minimum Gasteiger partial charge on any atom is -0.456 e. The van der Waals surface area contributed by atoms with E-state index in [0.29, 0.717) is 16.6 Å². The van der Waals surface area contributed by atoms with Gasteiger partial charge in [0.05, 0.1) is 26.0 Å². The molecule has 0 aliphatic heterocycles. The van der Waals surface area contributed by atoms with Crippen LogP contribution in [0.1, 0.15) is 26.0 Å². The molecule has 1 aromatic heterocycles. The molecule has 0 atom stereocenters. The van der Waals surface area contributed by atoms with Crippen LogP contribution in [0.2, 0.25) is 0 Å². The largest absolute Gasteiger partial charge is 0.456 e. The molecule has 0 amide bonds. The fraction of sp³-hybridized carbons (Fsp3) is 0. The summed E-state index contributed by atoms with van der Waals surface area (Å²) in [6, 6.07) is -3.25. The Bertz CT molecular complexity index is 3460. The van der Waals surface area contributed by atoms with Gasteiger partial charge in [-0.25, -0.2) is 0 Å². The summed E-state index contributed by atoms with van der Waals surface area (Å²) in [5.74, 6) is 0. The van der Waals surface area contributed by atoms with Crippen LogP contribution in [0.25, 0.3) is 87.6 Å². The second kappa shape index (κ2) is 9.44. The molecule has 0 aliphatic carbocycles. The fourth-order valence-corrected chi connectivity index (χ4v) is 5.67. The Kier molecular flexibility index (Phi) is 2.61. The lowest BCUT2D eigenvalue weighted by Gasteiger charge is -2.20. The SMILES string of the molecule is [2H]c1c([2H])c([2H])c(-c2c(-c3c4c([2H])c([2H])c([2H])c([2H])c4c(-c4ccc5c(c4)oc4ccccc45)c4c([2H])c([2H])c([2H])c([2H])c34)c([2H])c3c([2H])c([2H])c([2H])c([2H])c3c2[2H])c([2H])c1[2H]. The van der Waals surface area contributed by atoms with E-state index >= 15 is 0 Å². The van der Waals surface area contributed by atoms with Gasteiger partial charge in [0, 0.05) is 10.8 Å². The summed E-state index contributed by atoms with van der Waals surface area (Å²) < 4.78 is 177. The Labute approximate surface area is 275 Å². The van der Waals surface area contributed by atoms with Crippen LogP contribution in [0, 0.1) is 0 Å². The van der Waals surface area contributed by atoms with E-state index in [-0.39, 0.29) is 21.9 Å². The van der Waals surface area contributed by atoms with E-state index in [1.165, 1.54) is 0 Å². The summed E-state index contributed by atoms with van der Waals surface area (Å²) in [6.07, 6.45) is 0. The summed E-state index contributed by atoms with van der Waals surface area (Å²) in [4.78, 5) is 0. The van der Waals surface area contributed by atoms with Crippen LogP contribution in [-0.4, -0.2) is 0 Å². The Hall–Kier alpha value is -5.66. The standard InChI is InChI=1S/C42H26O/c1-2-12-27(13-3-1)37-24-28-14-4-5-15-29(28)25-38(37)42-35-19-8-6-17-33(35)41(34-18-7-9-20-36(34)42)30-22-23-32-31-16-10-11-21-39(31)43-40(32)26-30/h1-26H/i1D,2D,3D,4D,5D,6D,7D,8D,9D,12D,13D,14D,15D,17D,18D,19D,20D,24D,25D. The zero-order chi connectivity index (χ0) is 44.9. The van der Waals surface area contributed by atoms with E-state index in [0.717, 1.165) is 5.39 Å².